The lowest BCUT2D eigenvalue weighted by atomic mass is 10.0. The Morgan fingerprint density at radius 2 is 1.45 bits per heavy atom. The van der Waals surface area contributed by atoms with Gasteiger partial charge < -0.3 is 10.6 Å². The van der Waals surface area contributed by atoms with Gasteiger partial charge in [-0.3, -0.25) is 4.79 Å². The molecule has 0 bridgehead atoms. The normalized spacial score (nSPS) is 14.5. The minimum absolute atomic E-state index is 0.0379. The number of nitrogens with zero attached hydrogens (tertiary/aromatic N) is 1. The molecule has 1 heterocycles. The van der Waals surface area contributed by atoms with E-state index in [1.807, 2.05) is 17.0 Å². The molecule has 2 aromatic rings. The molecule has 1 amide bonds. The molecule has 0 saturated heterocycles. The van der Waals surface area contributed by atoms with Gasteiger partial charge in [0.05, 0.1) is 5.56 Å². The molecule has 0 aromatic heterocycles. The minimum Gasteiger partial charge on any atom is -0.398 e. The number of fused-ring (bicyclic) bond motifs is 1. The zero-order valence-electron chi connectivity index (χ0n) is 11.4. The van der Waals surface area contributed by atoms with E-state index in [1.54, 1.807) is 12.1 Å². The number of carbonyl (C=O) groups is 1. The summed E-state index contributed by atoms with van der Waals surface area (Å²) in [5, 5.41) is 0. The minimum atomic E-state index is 0.0379. The molecule has 0 radical (unpaired) electrons. The number of hydrogen-bond acceptors (Lipinski definition) is 2. The van der Waals surface area contributed by atoms with Crippen LogP contribution in [0.3, 0.4) is 0 Å². The summed E-state index contributed by atoms with van der Waals surface area (Å²) in [6, 6.07) is 15.7. The van der Waals surface area contributed by atoms with Crippen LogP contribution in [0.25, 0.3) is 0 Å². The number of rotatable bonds is 1. The molecule has 3 rings (SSSR count). The molecule has 0 spiro atoms. The fraction of sp³-hybridized carbons (Fsp3) is 0.235. The lowest BCUT2D eigenvalue weighted by molar-refractivity contribution is 0.0764. The van der Waals surface area contributed by atoms with E-state index in [0.717, 1.165) is 25.9 Å². The summed E-state index contributed by atoms with van der Waals surface area (Å²) in [5.74, 6) is 0.0379. The van der Waals surface area contributed by atoms with Gasteiger partial charge in [0.15, 0.2) is 0 Å². The Bertz CT molecular complexity index is 609. The molecule has 3 heteroatoms. The first kappa shape index (κ1) is 12.7. The Labute approximate surface area is 119 Å². The fourth-order valence-corrected chi connectivity index (χ4v) is 2.73. The first-order valence-corrected chi connectivity index (χ1v) is 6.96. The van der Waals surface area contributed by atoms with Crippen molar-refractivity contribution in [3.05, 3.63) is 65.2 Å². The largest absolute Gasteiger partial charge is 0.398 e. The summed E-state index contributed by atoms with van der Waals surface area (Å²) in [6.07, 6.45) is 1.82. The number of hydrogen-bond donors (Lipinski definition) is 1. The number of carbonyl (C=O) groups excluding carboxylic acids is 1. The maximum absolute atomic E-state index is 12.6. The van der Waals surface area contributed by atoms with Gasteiger partial charge >= 0.3 is 0 Å². The molecular weight excluding hydrogens is 248 g/mol. The average molecular weight is 266 g/mol. The molecule has 20 heavy (non-hydrogen) atoms. The summed E-state index contributed by atoms with van der Waals surface area (Å²) in [7, 11) is 0. The van der Waals surface area contributed by atoms with Crippen LogP contribution in [0, 0.1) is 0 Å². The van der Waals surface area contributed by atoms with Crippen LogP contribution in [0.1, 0.15) is 21.5 Å². The predicted molar refractivity (Wildman–Crippen MR) is 80.6 cm³/mol. The highest BCUT2D eigenvalue weighted by atomic mass is 16.2. The third-order valence-corrected chi connectivity index (χ3v) is 3.90. The molecule has 0 saturated carbocycles. The van der Waals surface area contributed by atoms with Crippen LogP contribution in [0.4, 0.5) is 5.69 Å². The summed E-state index contributed by atoms with van der Waals surface area (Å²) in [6.45, 7) is 1.51. The van der Waals surface area contributed by atoms with Crippen molar-refractivity contribution in [2.24, 2.45) is 0 Å². The molecule has 0 fully saturated rings. The summed E-state index contributed by atoms with van der Waals surface area (Å²) < 4.78 is 0. The maximum atomic E-state index is 12.6. The molecular formula is C17H18N2O. The Morgan fingerprint density at radius 1 is 0.900 bits per heavy atom. The van der Waals surface area contributed by atoms with E-state index in [9.17, 15) is 4.79 Å². The zero-order chi connectivity index (χ0) is 13.9. The Kier molecular flexibility index (Phi) is 3.42. The molecule has 0 unspecified atom stereocenters. The molecule has 2 N–H and O–H groups in total. The van der Waals surface area contributed by atoms with Crippen molar-refractivity contribution in [2.75, 3.05) is 18.8 Å². The van der Waals surface area contributed by atoms with Crippen LogP contribution in [-0.4, -0.2) is 23.9 Å². The average Bonchev–Trinajstić information content (AvgIpc) is 2.70. The second kappa shape index (κ2) is 5.37. The van der Waals surface area contributed by atoms with Crippen LogP contribution >= 0.6 is 0 Å². The van der Waals surface area contributed by atoms with E-state index < -0.39 is 0 Å². The van der Waals surface area contributed by atoms with Gasteiger partial charge in [-0.25, -0.2) is 0 Å². The topological polar surface area (TPSA) is 46.3 Å². The van der Waals surface area contributed by atoms with Crippen LogP contribution < -0.4 is 5.73 Å². The lowest BCUT2D eigenvalue weighted by Crippen LogP contribution is -2.33. The molecule has 1 aliphatic rings. The fourth-order valence-electron chi connectivity index (χ4n) is 2.73. The van der Waals surface area contributed by atoms with E-state index >= 15 is 0 Å². The quantitative estimate of drug-likeness (QED) is 0.806. The molecule has 3 nitrogen and oxygen atoms in total. The van der Waals surface area contributed by atoms with E-state index in [4.69, 9.17) is 5.73 Å². The highest BCUT2D eigenvalue weighted by molar-refractivity contribution is 5.99. The first-order valence-electron chi connectivity index (χ1n) is 6.96. The van der Waals surface area contributed by atoms with Crippen molar-refractivity contribution in [3.8, 4) is 0 Å². The number of nitrogens with two attached hydrogens (primary N) is 1. The second-order valence-electron chi connectivity index (χ2n) is 5.15. The van der Waals surface area contributed by atoms with Gasteiger partial charge in [0.2, 0.25) is 0 Å². The van der Waals surface area contributed by atoms with Crippen molar-refractivity contribution < 1.29 is 4.79 Å². The Morgan fingerprint density at radius 3 is 2.05 bits per heavy atom. The van der Waals surface area contributed by atoms with Crippen molar-refractivity contribution in [2.45, 2.75) is 12.8 Å². The third-order valence-electron chi connectivity index (χ3n) is 3.90. The Hall–Kier alpha value is -2.29. The third kappa shape index (κ3) is 2.39. The summed E-state index contributed by atoms with van der Waals surface area (Å²) >= 11 is 0. The van der Waals surface area contributed by atoms with E-state index in [-0.39, 0.29) is 5.91 Å². The number of nitrogen functional groups attached to an aromatic ring is 1. The van der Waals surface area contributed by atoms with Gasteiger partial charge in [0, 0.05) is 18.8 Å². The zero-order valence-corrected chi connectivity index (χ0v) is 11.4. The lowest BCUT2D eigenvalue weighted by Gasteiger charge is -2.21. The predicted octanol–water partition coefficient (Wildman–Crippen LogP) is 2.51. The van der Waals surface area contributed by atoms with Gasteiger partial charge in [0.1, 0.15) is 0 Å². The van der Waals surface area contributed by atoms with Crippen molar-refractivity contribution >= 4 is 11.6 Å². The standard InChI is InChI=1S/C17H18N2O/c18-16-8-4-3-7-15(16)17(20)19-11-9-13-5-1-2-6-14(13)10-12-19/h1-8H,9-12,18H2. The summed E-state index contributed by atoms with van der Waals surface area (Å²) in [5.41, 5.74) is 9.77. The molecule has 0 aliphatic carbocycles. The second-order valence-corrected chi connectivity index (χ2v) is 5.15. The monoisotopic (exact) mass is 266 g/mol. The first-order chi connectivity index (χ1) is 9.75. The summed E-state index contributed by atoms with van der Waals surface area (Å²) in [4.78, 5) is 14.5. The Balaban J connectivity index is 1.80. The molecule has 102 valence electrons. The van der Waals surface area contributed by atoms with Crippen LogP contribution in [-0.2, 0) is 12.8 Å². The van der Waals surface area contributed by atoms with Gasteiger partial charge in [-0.2, -0.15) is 0 Å². The van der Waals surface area contributed by atoms with Crippen LogP contribution in [0.2, 0.25) is 0 Å². The van der Waals surface area contributed by atoms with E-state index in [2.05, 4.69) is 24.3 Å². The van der Waals surface area contributed by atoms with Gasteiger partial charge in [0.25, 0.3) is 5.91 Å². The highest BCUT2D eigenvalue weighted by Crippen LogP contribution is 2.19. The highest BCUT2D eigenvalue weighted by Gasteiger charge is 2.20. The SMILES string of the molecule is Nc1ccccc1C(=O)N1CCc2ccccc2CC1. The van der Waals surface area contributed by atoms with Crippen molar-refractivity contribution in [3.63, 3.8) is 0 Å². The molecule has 2 aromatic carbocycles. The molecule has 0 atom stereocenters. The van der Waals surface area contributed by atoms with Crippen LogP contribution in [0.5, 0.6) is 0 Å². The number of amides is 1. The maximum Gasteiger partial charge on any atom is 0.255 e. The van der Waals surface area contributed by atoms with Crippen LogP contribution in [0.15, 0.2) is 48.5 Å². The number of para-hydroxylation sites is 1. The van der Waals surface area contributed by atoms with Gasteiger partial charge in [-0.15, -0.1) is 0 Å². The smallest absolute Gasteiger partial charge is 0.255 e. The van der Waals surface area contributed by atoms with Gasteiger partial charge in [-0.05, 0) is 36.1 Å². The van der Waals surface area contributed by atoms with E-state index in [0.29, 0.717) is 11.3 Å². The number of benzene rings is 2. The van der Waals surface area contributed by atoms with Crippen molar-refractivity contribution in [1.29, 1.82) is 0 Å². The van der Waals surface area contributed by atoms with Crippen molar-refractivity contribution in [1.82, 2.24) is 4.90 Å². The molecule has 1 aliphatic heterocycles. The van der Waals surface area contributed by atoms with Gasteiger partial charge in [-0.1, -0.05) is 36.4 Å². The van der Waals surface area contributed by atoms with E-state index in [1.165, 1.54) is 11.1 Å². The number of anilines is 1.